The first kappa shape index (κ1) is 10.8. The average Bonchev–Trinajstić information content (AvgIpc) is 2.01. The van der Waals surface area contributed by atoms with Gasteiger partial charge in [0.05, 0.1) is 12.6 Å². The van der Waals surface area contributed by atoms with Gasteiger partial charge < -0.3 is 10.8 Å². The first-order valence-corrected chi connectivity index (χ1v) is 4.63. The molecule has 1 atom stereocenters. The molecular formula is C9H17N3O2. The van der Waals surface area contributed by atoms with Crippen LogP contribution in [-0.2, 0) is 0 Å². The number of nitrogens with zero attached hydrogens (tertiary/aromatic N) is 2. The third-order valence-corrected chi connectivity index (χ3v) is 2.29. The Kier molecular flexibility index (Phi) is 2.69. The highest BCUT2D eigenvalue weighted by Gasteiger charge is 2.37. The van der Waals surface area contributed by atoms with Crippen LogP contribution in [0.1, 0.15) is 20.8 Å². The second-order valence-corrected chi connectivity index (χ2v) is 4.55. The molecule has 1 unspecified atom stereocenters. The summed E-state index contributed by atoms with van der Waals surface area (Å²) >= 11 is 0. The summed E-state index contributed by atoms with van der Waals surface area (Å²) in [5.74, 6) is 0.422. The van der Waals surface area contributed by atoms with Gasteiger partial charge in [0.1, 0.15) is 5.84 Å². The Morgan fingerprint density at radius 3 is 2.57 bits per heavy atom. The van der Waals surface area contributed by atoms with Crippen molar-refractivity contribution in [2.45, 2.75) is 26.8 Å². The Morgan fingerprint density at radius 1 is 1.64 bits per heavy atom. The molecule has 5 heteroatoms. The number of carboxylic acid groups (broad SMARTS) is 1. The normalized spacial score (nSPS) is 23.2. The molecule has 0 aromatic rings. The predicted molar refractivity (Wildman–Crippen MR) is 54.5 cm³/mol. The molecule has 0 aliphatic carbocycles. The number of amides is 1. The third-order valence-electron chi connectivity index (χ3n) is 2.29. The monoisotopic (exact) mass is 199 g/mol. The van der Waals surface area contributed by atoms with Crippen LogP contribution in [0.25, 0.3) is 0 Å². The number of rotatable bonds is 0. The summed E-state index contributed by atoms with van der Waals surface area (Å²) in [4.78, 5) is 16.4. The van der Waals surface area contributed by atoms with Crippen LogP contribution in [0.15, 0.2) is 4.99 Å². The summed E-state index contributed by atoms with van der Waals surface area (Å²) in [5.41, 5.74) is 5.52. The van der Waals surface area contributed by atoms with Crippen LogP contribution in [-0.4, -0.2) is 41.1 Å². The molecule has 1 amide bonds. The lowest BCUT2D eigenvalue weighted by molar-refractivity contribution is 0.106. The van der Waals surface area contributed by atoms with E-state index in [4.69, 9.17) is 10.8 Å². The molecule has 14 heavy (non-hydrogen) atoms. The lowest BCUT2D eigenvalue weighted by Crippen LogP contribution is -2.57. The van der Waals surface area contributed by atoms with Gasteiger partial charge in [-0.1, -0.05) is 20.8 Å². The lowest BCUT2D eigenvalue weighted by Gasteiger charge is -2.40. The van der Waals surface area contributed by atoms with Crippen LogP contribution < -0.4 is 5.73 Å². The molecule has 1 heterocycles. The number of aliphatic imine (C=N–C) groups is 1. The zero-order valence-electron chi connectivity index (χ0n) is 8.82. The number of carbonyl (C=O) groups is 1. The van der Waals surface area contributed by atoms with Crippen LogP contribution in [0, 0.1) is 5.41 Å². The second-order valence-electron chi connectivity index (χ2n) is 4.55. The molecule has 5 nitrogen and oxygen atoms in total. The molecule has 0 aromatic carbocycles. The standard InChI is InChI=1S/C9H17N3O2/c1-9(2,3)6-7(10)11-4-5-12(6)8(13)14/h6H,4-5H2,1-3H3,(H2,10,11)(H,13,14). The van der Waals surface area contributed by atoms with Gasteiger partial charge in [0.15, 0.2) is 0 Å². The first-order chi connectivity index (χ1) is 6.34. The van der Waals surface area contributed by atoms with E-state index < -0.39 is 6.09 Å². The quantitative estimate of drug-likeness (QED) is 0.604. The summed E-state index contributed by atoms with van der Waals surface area (Å²) in [6.45, 7) is 6.77. The van der Waals surface area contributed by atoms with Crippen molar-refractivity contribution in [1.29, 1.82) is 0 Å². The largest absolute Gasteiger partial charge is 0.465 e. The minimum atomic E-state index is -0.928. The Labute approximate surface area is 83.6 Å². The summed E-state index contributed by atoms with van der Waals surface area (Å²) in [6, 6.07) is -0.311. The predicted octanol–water partition coefficient (Wildman–Crippen LogP) is 0.752. The van der Waals surface area contributed by atoms with Crippen LogP contribution in [0.3, 0.4) is 0 Å². The van der Waals surface area contributed by atoms with E-state index in [1.807, 2.05) is 20.8 Å². The van der Waals surface area contributed by atoms with Crippen LogP contribution in [0.5, 0.6) is 0 Å². The van der Waals surface area contributed by atoms with Gasteiger partial charge in [-0.15, -0.1) is 0 Å². The maximum Gasteiger partial charge on any atom is 0.408 e. The fraction of sp³-hybridized carbons (Fsp3) is 0.778. The maximum atomic E-state index is 11.0. The molecule has 1 aliphatic heterocycles. The Balaban J connectivity index is 2.99. The van der Waals surface area contributed by atoms with Gasteiger partial charge >= 0.3 is 6.09 Å². The van der Waals surface area contributed by atoms with E-state index in [1.54, 1.807) is 0 Å². The molecule has 0 spiro atoms. The molecule has 1 rings (SSSR count). The number of nitrogens with two attached hydrogens (primary N) is 1. The van der Waals surface area contributed by atoms with Crippen molar-refractivity contribution >= 4 is 11.9 Å². The zero-order chi connectivity index (χ0) is 10.9. The molecule has 80 valence electrons. The highest BCUT2D eigenvalue weighted by molar-refractivity contribution is 5.90. The Hall–Kier alpha value is -1.26. The van der Waals surface area contributed by atoms with Gasteiger partial charge in [-0.2, -0.15) is 0 Å². The van der Waals surface area contributed by atoms with E-state index in [2.05, 4.69) is 4.99 Å². The lowest BCUT2D eigenvalue weighted by atomic mass is 9.84. The van der Waals surface area contributed by atoms with E-state index in [0.717, 1.165) is 0 Å². The van der Waals surface area contributed by atoms with E-state index in [9.17, 15) is 4.79 Å². The Bertz CT molecular complexity index is 268. The number of hydrogen-bond acceptors (Lipinski definition) is 3. The van der Waals surface area contributed by atoms with Gasteiger partial charge in [0.25, 0.3) is 0 Å². The molecule has 0 saturated heterocycles. The van der Waals surface area contributed by atoms with E-state index in [1.165, 1.54) is 4.90 Å². The van der Waals surface area contributed by atoms with Gasteiger partial charge in [-0.05, 0) is 5.41 Å². The molecule has 1 aliphatic rings. The van der Waals surface area contributed by atoms with Crippen LogP contribution >= 0.6 is 0 Å². The van der Waals surface area contributed by atoms with Crippen molar-refractivity contribution in [3.05, 3.63) is 0 Å². The van der Waals surface area contributed by atoms with Crippen molar-refractivity contribution in [2.24, 2.45) is 16.1 Å². The smallest absolute Gasteiger partial charge is 0.408 e. The highest BCUT2D eigenvalue weighted by Crippen LogP contribution is 2.26. The van der Waals surface area contributed by atoms with Crippen LogP contribution in [0.2, 0.25) is 0 Å². The second kappa shape index (κ2) is 3.48. The number of hydrogen-bond donors (Lipinski definition) is 2. The molecule has 0 radical (unpaired) electrons. The molecule has 0 bridgehead atoms. The SMILES string of the molecule is CC(C)(C)C1C(N)=NCCN1C(=O)O. The summed E-state index contributed by atoms with van der Waals surface area (Å²) in [7, 11) is 0. The van der Waals surface area contributed by atoms with E-state index >= 15 is 0 Å². The maximum absolute atomic E-state index is 11.0. The fourth-order valence-corrected chi connectivity index (χ4v) is 1.78. The summed E-state index contributed by atoms with van der Waals surface area (Å²) in [5, 5.41) is 9.01. The van der Waals surface area contributed by atoms with Gasteiger partial charge in [-0.25, -0.2) is 4.79 Å². The summed E-state index contributed by atoms with van der Waals surface area (Å²) < 4.78 is 0. The average molecular weight is 199 g/mol. The van der Waals surface area contributed by atoms with Gasteiger partial charge in [0, 0.05) is 6.54 Å². The minimum absolute atomic E-state index is 0.216. The van der Waals surface area contributed by atoms with Crippen molar-refractivity contribution in [3.8, 4) is 0 Å². The Morgan fingerprint density at radius 2 is 2.21 bits per heavy atom. The van der Waals surface area contributed by atoms with E-state index in [-0.39, 0.29) is 11.5 Å². The van der Waals surface area contributed by atoms with Crippen molar-refractivity contribution in [1.82, 2.24) is 4.90 Å². The van der Waals surface area contributed by atoms with Crippen molar-refractivity contribution in [2.75, 3.05) is 13.1 Å². The number of amidine groups is 1. The molecule has 0 aromatic heterocycles. The topological polar surface area (TPSA) is 78.9 Å². The molecular weight excluding hydrogens is 182 g/mol. The highest BCUT2D eigenvalue weighted by atomic mass is 16.4. The zero-order valence-corrected chi connectivity index (χ0v) is 8.82. The van der Waals surface area contributed by atoms with Gasteiger partial charge in [-0.3, -0.25) is 9.89 Å². The molecule has 0 fully saturated rings. The molecule has 3 N–H and O–H groups in total. The van der Waals surface area contributed by atoms with Crippen LogP contribution in [0.4, 0.5) is 4.79 Å². The van der Waals surface area contributed by atoms with Crippen molar-refractivity contribution < 1.29 is 9.90 Å². The minimum Gasteiger partial charge on any atom is -0.465 e. The third kappa shape index (κ3) is 1.97. The first-order valence-electron chi connectivity index (χ1n) is 4.63. The van der Waals surface area contributed by atoms with E-state index in [0.29, 0.717) is 18.9 Å². The van der Waals surface area contributed by atoms with Gasteiger partial charge in [0.2, 0.25) is 0 Å². The summed E-state index contributed by atoms with van der Waals surface area (Å²) in [6.07, 6.45) is -0.928. The molecule has 0 saturated carbocycles. The van der Waals surface area contributed by atoms with Crippen molar-refractivity contribution in [3.63, 3.8) is 0 Å². The fourth-order valence-electron chi connectivity index (χ4n) is 1.78.